The molecule has 248 valence electrons. The standard InChI is InChI=1S/C33H40F3N5O4S/c1-44-31-18-26(46(37,42)43)12-13-29(31)38-15-3-5-25-17-27-28(6-2-7-30(27)41(25)21-33(34,35)36)39-23-8-10-24(11-9-23)40-19-32(20-40)14-4-16-45-22-32/h2,6-7,12-13,17-18,23-24,38-39H,4,8-11,14-16,19-22H2,1H3,(H2,37,42,43). The Morgan fingerprint density at radius 3 is 2.57 bits per heavy atom. The molecule has 1 aliphatic carbocycles. The number of methoxy groups -OCH3 is 1. The summed E-state index contributed by atoms with van der Waals surface area (Å²) in [6.07, 6.45) is 2.18. The average molecular weight is 660 g/mol. The van der Waals surface area contributed by atoms with Crippen molar-refractivity contribution in [3.8, 4) is 17.6 Å². The topological polar surface area (TPSA) is 111 Å². The number of hydrogen-bond acceptors (Lipinski definition) is 7. The van der Waals surface area contributed by atoms with Crippen molar-refractivity contribution in [2.75, 3.05) is 50.6 Å². The molecule has 2 saturated heterocycles. The summed E-state index contributed by atoms with van der Waals surface area (Å²) >= 11 is 0. The van der Waals surface area contributed by atoms with E-state index in [4.69, 9.17) is 14.6 Å². The summed E-state index contributed by atoms with van der Waals surface area (Å²) in [5, 5.41) is 12.6. The van der Waals surface area contributed by atoms with Gasteiger partial charge in [-0.1, -0.05) is 12.0 Å². The summed E-state index contributed by atoms with van der Waals surface area (Å²) in [7, 11) is -2.52. The Morgan fingerprint density at radius 1 is 1.11 bits per heavy atom. The summed E-state index contributed by atoms with van der Waals surface area (Å²) < 4.78 is 76.6. The Kier molecular flexibility index (Phi) is 9.17. The molecular formula is C33H40F3N5O4S. The van der Waals surface area contributed by atoms with Crippen molar-refractivity contribution >= 4 is 32.3 Å². The van der Waals surface area contributed by atoms with Gasteiger partial charge in [0.2, 0.25) is 10.0 Å². The summed E-state index contributed by atoms with van der Waals surface area (Å²) in [6.45, 7) is 2.94. The molecular weight excluding hydrogens is 619 g/mol. The van der Waals surface area contributed by atoms with Gasteiger partial charge in [-0.3, -0.25) is 4.90 Å². The molecule has 3 aromatic rings. The second-order valence-corrected chi connectivity index (χ2v) is 14.3. The highest BCUT2D eigenvalue weighted by atomic mass is 32.2. The third-order valence-electron chi connectivity index (χ3n) is 9.42. The van der Waals surface area contributed by atoms with Crippen molar-refractivity contribution in [1.82, 2.24) is 9.47 Å². The van der Waals surface area contributed by atoms with E-state index in [1.807, 2.05) is 6.07 Å². The van der Waals surface area contributed by atoms with Crippen LogP contribution in [0.15, 0.2) is 47.4 Å². The first-order chi connectivity index (χ1) is 21.9. The molecule has 1 spiro atoms. The molecule has 46 heavy (non-hydrogen) atoms. The SMILES string of the molecule is COc1cc(S(N)(=O)=O)ccc1NCC#Cc1cc2c(NC3CCC(N4CC5(CCCOC5)C4)CC3)cccc2n1CC(F)(F)F. The number of primary sulfonamides is 1. The largest absolute Gasteiger partial charge is 0.495 e. The number of nitrogens with two attached hydrogens (primary N) is 1. The molecule has 1 saturated carbocycles. The van der Waals surface area contributed by atoms with Gasteiger partial charge in [-0.2, -0.15) is 13.2 Å². The number of rotatable bonds is 8. The van der Waals surface area contributed by atoms with Gasteiger partial charge in [0.05, 0.1) is 42.1 Å². The van der Waals surface area contributed by atoms with Crippen LogP contribution < -0.4 is 20.5 Å². The highest BCUT2D eigenvalue weighted by Gasteiger charge is 2.46. The average Bonchev–Trinajstić information content (AvgIpc) is 3.35. The molecule has 3 aliphatic rings. The Morgan fingerprint density at radius 2 is 1.89 bits per heavy atom. The molecule has 0 amide bonds. The maximum atomic E-state index is 13.7. The summed E-state index contributed by atoms with van der Waals surface area (Å²) in [6, 6.07) is 12.1. The van der Waals surface area contributed by atoms with Gasteiger partial charge in [0.25, 0.3) is 0 Å². The smallest absolute Gasteiger partial charge is 0.406 e. The number of likely N-dealkylation sites (tertiary alicyclic amines) is 1. The van der Waals surface area contributed by atoms with E-state index in [1.165, 1.54) is 36.3 Å². The number of nitrogens with one attached hydrogen (secondary N) is 2. The van der Waals surface area contributed by atoms with Crippen LogP contribution in [-0.4, -0.2) is 76.1 Å². The molecule has 6 rings (SSSR count). The van der Waals surface area contributed by atoms with Crippen molar-refractivity contribution in [2.45, 2.75) is 68.2 Å². The minimum Gasteiger partial charge on any atom is -0.495 e. The molecule has 2 aliphatic heterocycles. The fraction of sp³-hybridized carbons (Fsp3) is 0.515. The van der Waals surface area contributed by atoms with Crippen LogP contribution in [0.3, 0.4) is 0 Å². The van der Waals surface area contributed by atoms with E-state index in [0.29, 0.717) is 28.0 Å². The second-order valence-electron chi connectivity index (χ2n) is 12.7. The number of benzene rings is 2. The maximum absolute atomic E-state index is 13.7. The number of halogens is 3. The van der Waals surface area contributed by atoms with E-state index in [0.717, 1.165) is 64.1 Å². The number of ether oxygens (including phenoxy) is 2. The van der Waals surface area contributed by atoms with Crippen LogP contribution in [-0.2, 0) is 21.3 Å². The molecule has 0 bridgehead atoms. The number of sulfonamides is 1. The van der Waals surface area contributed by atoms with Crippen LogP contribution in [0.2, 0.25) is 0 Å². The lowest BCUT2D eigenvalue weighted by molar-refractivity contribution is -0.140. The van der Waals surface area contributed by atoms with Crippen LogP contribution in [0.5, 0.6) is 5.75 Å². The molecule has 1 aromatic heterocycles. The predicted molar refractivity (Wildman–Crippen MR) is 171 cm³/mol. The second kappa shape index (κ2) is 13.0. The fourth-order valence-corrected chi connectivity index (χ4v) is 7.70. The lowest BCUT2D eigenvalue weighted by Gasteiger charge is -2.55. The van der Waals surface area contributed by atoms with Crippen molar-refractivity contribution in [1.29, 1.82) is 0 Å². The van der Waals surface area contributed by atoms with E-state index in [-0.39, 0.29) is 28.9 Å². The summed E-state index contributed by atoms with van der Waals surface area (Å²) in [5.41, 5.74) is 2.36. The molecule has 9 nitrogen and oxygen atoms in total. The Hall–Kier alpha value is -3.44. The highest BCUT2D eigenvalue weighted by molar-refractivity contribution is 7.89. The van der Waals surface area contributed by atoms with E-state index in [1.54, 1.807) is 18.2 Å². The van der Waals surface area contributed by atoms with E-state index in [9.17, 15) is 21.6 Å². The first kappa shape index (κ1) is 32.5. The quantitative estimate of drug-likeness (QED) is 0.287. The number of anilines is 2. The first-order valence-corrected chi connectivity index (χ1v) is 17.2. The minimum atomic E-state index is -4.43. The third kappa shape index (κ3) is 7.25. The molecule has 4 N–H and O–H groups in total. The Balaban J connectivity index is 1.14. The first-order valence-electron chi connectivity index (χ1n) is 15.6. The monoisotopic (exact) mass is 659 g/mol. The van der Waals surface area contributed by atoms with E-state index < -0.39 is 22.7 Å². The molecule has 0 atom stereocenters. The van der Waals surface area contributed by atoms with Gasteiger partial charge in [0, 0.05) is 54.3 Å². The van der Waals surface area contributed by atoms with Gasteiger partial charge >= 0.3 is 6.18 Å². The minimum absolute atomic E-state index is 0.0815. The van der Waals surface area contributed by atoms with Crippen molar-refractivity contribution in [3.63, 3.8) is 0 Å². The van der Waals surface area contributed by atoms with Gasteiger partial charge in [-0.05, 0) is 74.8 Å². The molecule has 3 heterocycles. The van der Waals surface area contributed by atoms with Gasteiger partial charge in [0.1, 0.15) is 12.3 Å². The summed E-state index contributed by atoms with van der Waals surface area (Å²) in [4.78, 5) is 2.51. The van der Waals surface area contributed by atoms with Crippen LogP contribution in [0.25, 0.3) is 10.9 Å². The van der Waals surface area contributed by atoms with Crippen molar-refractivity contribution in [2.24, 2.45) is 10.6 Å². The normalized spacial score (nSPS) is 21.8. The van der Waals surface area contributed by atoms with Gasteiger partial charge in [0.15, 0.2) is 0 Å². The van der Waals surface area contributed by atoms with Gasteiger partial charge < -0.3 is 24.7 Å². The number of aromatic nitrogens is 1. The van der Waals surface area contributed by atoms with Crippen LogP contribution in [0, 0.1) is 17.3 Å². The van der Waals surface area contributed by atoms with Crippen molar-refractivity contribution in [3.05, 3.63) is 48.2 Å². The zero-order chi connectivity index (χ0) is 32.5. The van der Waals surface area contributed by atoms with E-state index >= 15 is 0 Å². The van der Waals surface area contributed by atoms with E-state index in [2.05, 4.69) is 27.4 Å². The number of fused-ring (bicyclic) bond motifs is 1. The Labute approximate surface area is 267 Å². The highest BCUT2D eigenvalue weighted by Crippen LogP contribution is 2.42. The molecule has 2 aromatic carbocycles. The zero-order valence-electron chi connectivity index (χ0n) is 25.8. The lowest BCUT2D eigenvalue weighted by Crippen LogP contribution is -2.63. The molecule has 0 unspecified atom stereocenters. The Bertz CT molecular complexity index is 1730. The molecule has 3 fully saturated rings. The fourth-order valence-electron chi connectivity index (χ4n) is 7.17. The van der Waals surface area contributed by atoms with Gasteiger partial charge in [-0.15, -0.1) is 0 Å². The van der Waals surface area contributed by atoms with Crippen molar-refractivity contribution < 1.29 is 31.1 Å². The van der Waals surface area contributed by atoms with Crippen LogP contribution in [0.4, 0.5) is 24.5 Å². The van der Waals surface area contributed by atoms with Crippen LogP contribution >= 0.6 is 0 Å². The number of alkyl halides is 3. The summed E-state index contributed by atoms with van der Waals surface area (Å²) in [5.74, 6) is 6.06. The maximum Gasteiger partial charge on any atom is 0.406 e. The van der Waals surface area contributed by atoms with Gasteiger partial charge in [-0.25, -0.2) is 13.6 Å². The molecule has 13 heteroatoms. The molecule has 0 radical (unpaired) electrons. The lowest BCUT2D eigenvalue weighted by atomic mass is 9.73. The predicted octanol–water partition coefficient (Wildman–Crippen LogP) is 5.16. The third-order valence-corrected chi connectivity index (χ3v) is 10.3. The van der Waals surface area contributed by atoms with Crippen LogP contribution in [0.1, 0.15) is 44.2 Å². The number of nitrogens with zero attached hydrogens (tertiary/aromatic N) is 2. The zero-order valence-corrected chi connectivity index (χ0v) is 26.6. The number of hydrogen-bond donors (Lipinski definition) is 3.